The highest BCUT2D eigenvalue weighted by Gasteiger charge is 1.99. The highest BCUT2D eigenvalue weighted by molar-refractivity contribution is 6.30. The summed E-state index contributed by atoms with van der Waals surface area (Å²) in [6.45, 7) is 1.28. The zero-order chi connectivity index (χ0) is 17.5. The minimum Gasteiger partial charge on any atom is -0.497 e. The average molecular weight is 354 g/mol. The molecule has 0 heterocycles. The monoisotopic (exact) mass is 353 g/mol. The van der Waals surface area contributed by atoms with Gasteiger partial charge in [0.2, 0.25) is 0 Å². The Bertz CT molecular complexity index is 784. The molecule has 0 bridgehead atoms. The smallest absolute Gasteiger partial charge is 0.119 e. The van der Waals surface area contributed by atoms with Crippen LogP contribution < -0.4 is 14.8 Å². The van der Waals surface area contributed by atoms with Crippen molar-refractivity contribution in [3.8, 4) is 11.5 Å². The fourth-order valence-electron chi connectivity index (χ4n) is 2.36. The van der Waals surface area contributed by atoms with Crippen LogP contribution in [0.2, 0.25) is 5.02 Å². The van der Waals surface area contributed by atoms with E-state index in [0.717, 1.165) is 34.3 Å². The van der Waals surface area contributed by atoms with E-state index in [1.807, 2.05) is 60.7 Å². The van der Waals surface area contributed by atoms with Crippen molar-refractivity contribution in [2.24, 2.45) is 0 Å². The normalized spacial score (nSPS) is 10.3. The summed E-state index contributed by atoms with van der Waals surface area (Å²) in [6, 6.07) is 23.7. The summed E-state index contributed by atoms with van der Waals surface area (Å²) in [4.78, 5) is 0. The van der Waals surface area contributed by atoms with Gasteiger partial charge < -0.3 is 14.8 Å². The Morgan fingerprint density at radius 3 is 2.00 bits per heavy atom. The predicted molar refractivity (Wildman–Crippen MR) is 103 cm³/mol. The van der Waals surface area contributed by atoms with E-state index in [-0.39, 0.29) is 0 Å². The molecule has 0 unspecified atom stereocenters. The van der Waals surface area contributed by atoms with Crippen LogP contribution in [0.4, 0.5) is 5.69 Å². The van der Waals surface area contributed by atoms with Gasteiger partial charge in [-0.15, -0.1) is 0 Å². The summed E-state index contributed by atoms with van der Waals surface area (Å²) in [6.07, 6.45) is 0. The summed E-state index contributed by atoms with van der Waals surface area (Å²) in [5.74, 6) is 1.70. The van der Waals surface area contributed by atoms with Crippen molar-refractivity contribution in [2.75, 3.05) is 12.4 Å². The lowest BCUT2D eigenvalue weighted by molar-refractivity contribution is 0.306. The summed E-state index contributed by atoms with van der Waals surface area (Å²) in [7, 11) is 1.67. The number of benzene rings is 3. The number of nitrogens with one attached hydrogen (secondary N) is 1. The van der Waals surface area contributed by atoms with Gasteiger partial charge in [0.1, 0.15) is 18.1 Å². The van der Waals surface area contributed by atoms with Crippen molar-refractivity contribution in [3.05, 3.63) is 88.9 Å². The Morgan fingerprint density at radius 2 is 1.36 bits per heavy atom. The summed E-state index contributed by atoms with van der Waals surface area (Å²) >= 11 is 5.88. The number of hydrogen-bond acceptors (Lipinski definition) is 3. The highest BCUT2D eigenvalue weighted by atomic mass is 35.5. The molecular formula is C21H20ClNO2. The van der Waals surface area contributed by atoms with Crippen molar-refractivity contribution in [3.63, 3.8) is 0 Å². The topological polar surface area (TPSA) is 30.5 Å². The fourth-order valence-corrected chi connectivity index (χ4v) is 2.49. The largest absolute Gasteiger partial charge is 0.497 e. The van der Waals surface area contributed by atoms with Gasteiger partial charge in [-0.2, -0.15) is 0 Å². The van der Waals surface area contributed by atoms with Gasteiger partial charge in [0.25, 0.3) is 0 Å². The van der Waals surface area contributed by atoms with E-state index in [2.05, 4.69) is 17.4 Å². The van der Waals surface area contributed by atoms with Crippen molar-refractivity contribution in [1.29, 1.82) is 0 Å². The van der Waals surface area contributed by atoms with Crippen LogP contribution in [0.1, 0.15) is 11.1 Å². The Balaban J connectivity index is 1.50. The van der Waals surface area contributed by atoms with Gasteiger partial charge in [-0.25, -0.2) is 0 Å². The molecule has 3 aromatic rings. The third kappa shape index (κ3) is 5.16. The quantitative estimate of drug-likeness (QED) is 0.605. The van der Waals surface area contributed by atoms with Crippen LogP contribution in [-0.2, 0) is 13.2 Å². The van der Waals surface area contributed by atoms with E-state index in [0.29, 0.717) is 6.61 Å². The second-order valence-corrected chi connectivity index (χ2v) is 6.08. The van der Waals surface area contributed by atoms with Gasteiger partial charge in [0, 0.05) is 17.3 Å². The lowest BCUT2D eigenvalue weighted by Crippen LogP contribution is -2.00. The lowest BCUT2D eigenvalue weighted by Gasteiger charge is -2.09. The molecule has 0 saturated carbocycles. The van der Waals surface area contributed by atoms with Crippen molar-refractivity contribution in [1.82, 2.24) is 0 Å². The first-order valence-electron chi connectivity index (χ1n) is 8.07. The number of anilines is 1. The van der Waals surface area contributed by atoms with Crippen LogP contribution in [0.25, 0.3) is 0 Å². The van der Waals surface area contributed by atoms with E-state index in [1.54, 1.807) is 7.11 Å². The van der Waals surface area contributed by atoms with Gasteiger partial charge in [0.15, 0.2) is 0 Å². The van der Waals surface area contributed by atoms with E-state index in [4.69, 9.17) is 21.1 Å². The van der Waals surface area contributed by atoms with E-state index >= 15 is 0 Å². The molecule has 3 nitrogen and oxygen atoms in total. The summed E-state index contributed by atoms with van der Waals surface area (Å²) < 4.78 is 11.0. The SMILES string of the molecule is COc1ccc(NCc2ccc(OCc3ccc(Cl)cc3)cc2)cc1. The second kappa shape index (κ2) is 8.45. The second-order valence-electron chi connectivity index (χ2n) is 5.64. The fraction of sp³-hybridized carbons (Fsp3) is 0.143. The molecule has 4 heteroatoms. The average Bonchev–Trinajstić information content (AvgIpc) is 2.67. The molecular weight excluding hydrogens is 334 g/mol. The number of rotatable bonds is 7. The third-order valence-corrected chi connectivity index (χ3v) is 4.08. The molecule has 0 aliphatic heterocycles. The minimum atomic E-state index is 0.528. The van der Waals surface area contributed by atoms with Gasteiger partial charge in [-0.05, 0) is 59.7 Å². The Labute approximate surface area is 153 Å². The Kier molecular flexibility index (Phi) is 5.81. The first-order valence-corrected chi connectivity index (χ1v) is 8.45. The maximum atomic E-state index is 5.88. The molecule has 0 aliphatic carbocycles. The van der Waals surface area contributed by atoms with Gasteiger partial charge in [-0.3, -0.25) is 0 Å². The van der Waals surface area contributed by atoms with Crippen LogP contribution >= 0.6 is 11.6 Å². The maximum Gasteiger partial charge on any atom is 0.119 e. The standard InChI is InChI=1S/C21H20ClNO2/c1-24-20-12-8-19(9-13-20)23-14-16-4-10-21(11-5-16)25-15-17-2-6-18(22)7-3-17/h2-13,23H,14-15H2,1H3. The van der Waals surface area contributed by atoms with Gasteiger partial charge >= 0.3 is 0 Å². The molecule has 128 valence electrons. The molecule has 0 amide bonds. The van der Waals surface area contributed by atoms with E-state index in [1.165, 1.54) is 5.56 Å². The molecule has 25 heavy (non-hydrogen) atoms. The van der Waals surface area contributed by atoms with Crippen LogP contribution in [0.15, 0.2) is 72.8 Å². The number of halogens is 1. The minimum absolute atomic E-state index is 0.528. The van der Waals surface area contributed by atoms with Crippen LogP contribution in [0, 0.1) is 0 Å². The molecule has 0 aromatic heterocycles. The molecule has 3 aromatic carbocycles. The van der Waals surface area contributed by atoms with Crippen molar-refractivity contribution < 1.29 is 9.47 Å². The molecule has 0 spiro atoms. The van der Waals surface area contributed by atoms with Crippen LogP contribution in [0.5, 0.6) is 11.5 Å². The van der Waals surface area contributed by atoms with E-state index < -0.39 is 0 Å². The zero-order valence-electron chi connectivity index (χ0n) is 14.0. The number of hydrogen-bond donors (Lipinski definition) is 1. The molecule has 1 N–H and O–H groups in total. The molecule has 0 saturated heterocycles. The Hall–Kier alpha value is -2.65. The maximum absolute atomic E-state index is 5.88. The molecule has 0 radical (unpaired) electrons. The molecule has 0 atom stereocenters. The first kappa shape index (κ1) is 17.2. The summed E-state index contributed by atoms with van der Waals surface area (Å²) in [5, 5.41) is 4.12. The Morgan fingerprint density at radius 1 is 0.760 bits per heavy atom. The van der Waals surface area contributed by atoms with Crippen molar-refractivity contribution in [2.45, 2.75) is 13.2 Å². The van der Waals surface area contributed by atoms with Gasteiger partial charge in [-0.1, -0.05) is 35.9 Å². The predicted octanol–water partition coefficient (Wildman–Crippen LogP) is 5.54. The zero-order valence-corrected chi connectivity index (χ0v) is 14.8. The summed E-state index contributed by atoms with van der Waals surface area (Å²) in [5.41, 5.74) is 3.34. The highest BCUT2D eigenvalue weighted by Crippen LogP contribution is 2.18. The molecule has 0 fully saturated rings. The number of methoxy groups -OCH3 is 1. The molecule has 3 rings (SSSR count). The van der Waals surface area contributed by atoms with Crippen LogP contribution in [0.3, 0.4) is 0 Å². The first-order chi connectivity index (χ1) is 12.2. The number of ether oxygens (including phenoxy) is 2. The van der Waals surface area contributed by atoms with Crippen molar-refractivity contribution >= 4 is 17.3 Å². The van der Waals surface area contributed by atoms with E-state index in [9.17, 15) is 0 Å². The lowest BCUT2D eigenvalue weighted by atomic mass is 10.2. The van der Waals surface area contributed by atoms with Crippen LogP contribution in [-0.4, -0.2) is 7.11 Å². The molecule has 0 aliphatic rings. The third-order valence-electron chi connectivity index (χ3n) is 3.83. The van der Waals surface area contributed by atoms with Gasteiger partial charge in [0.05, 0.1) is 7.11 Å².